The van der Waals surface area contributed by atoms with E-state index in [1.807, 2.05) is 0 Å². The van der Waals surface area contributed by atoms with Crippen LogP contribution in [0, 0.1) is 40.4 Å². The maximum absolute atomic E-state index is 10.2. The van der Waals surface area contributed by atoms with Gasteiger partial charge in [0.15, 0.2) is 0 Å². The van der Waals surface area contributed by atoms with E-state index in [-0.39, 0.29) is 6.10 Å². The van der Waals surface area contributed by atoms with Crippen molar-refractivity contribution in [3.8, 4) is 0 Å². The van der Waals surface area contributed by atoms with Gasteiger partial charge in [-0.15, -0.1) is 0 Å². The zero-order chi connectivity index (χ0) is 19.2. The highest BCUT2D eigenvalue weighted by atomic mass is 16.3. The van der Waals surface area contributed by atoms with Gasteiger partial charge in [-0.2, -0.15) is 0 Å². The number of aliphatic hydroxyl groups excluding tert-OH is 1. The first kappa shape index (κ1) is 20.2. The highest BCUT2D eigenvalue weighted by Gasteiger charge is 2.60. The van der Waals surface area contributed by atoms with Crippen molar-refractivity contribution in [2.75, 3.05) is 13.1 Å². The third-order valence-electron chi connectivity index (χ3n) is 10.2. The Hall–Kier alpha value is -0.120. The van der Waals surface area contributed by atoms with Gasteiger partial charge in [-0.3, -0.25) is 0 Å². The van der Waals surface area contributed by atoms with E-state index in [1.165, 1.54) is 44.9 Å². The van der Waals surface area contributed by atoms with E-state index in [0.717, 1.165) is 61.9 Å². The van der Waals surface area contributed by atoms with Crippen LogP contribution in [0.5, 0.6) is 0 Å². The molecule has 4 saturated carbocycles. The molecule has 3 unspecified atom stereocenters. The first-order valence-electron chi connectivity index (χ1n) is 12.0. The molecule has 4 aliphatic carbocycles. The minimum Gasteiger partial charge on any atom is -0.393 e. The Labute approximate surface area is 167 Å². The van der Waals surface area contributed by atoms with Crippen LogP contribution in [-0.4, -0.2) is 30.3 Å². The molecule has 0 bridgehead atoms. The fourth-order valence-electron chi connectivity index (χ4n) is 8.67. The van der Waals surface area contributed by atoms with Crippen LogP contribution in [0.4, 0.5) is 0 Å². The van der Waals surface area contributed by atoms with Crippen LogP contribution in [0.2, 0.25) is 0 Å². The van der Waals surface area contributed by atoms with E-state index in [0.29, 0.717) is 16.9 Å². The molecule has 0 spiro atoms. The molecule has 156 valence electrons. The molecule has 0 amide bonds. The summed E-state index contributed by atoms with van der Waals surface area (Å²) < 4.78 is 0. The second kappa shape index (κ2) is 7.61. The minimum atomic E-state index is -0.0233. The Balaban J connectivity index is 1.49. The maximum atomic E-state index is 10.2. The molecular formula is C24H44N2O. The lowest BCUT2D eigenvalue weighted by Crippen LogP contribution is -2.55. The average Bonchev–Trinajstić information content (AvgIpc) is 3.00. The molecule has 27 heavy (non-hydrogen) atoms. The summed E-state index contributed by atoms with van der Waals surface area (Å²) in [6, 6.07) is 0.625. The van der Waals surface area contributed by atoms with E-state index in [9.17, 15) is 5.11 Å². The van der Waals surface area contributed by atoms with E-state index < -0.39 is 0 Å². The molecular weight excluding hydrogens is 332 g/mol. The number of hydrogen-bond donors (Lipinski definition) is 3. The topological polar surface area (TPSA) is 58.3 Å². The van der Waals surface area contributed by atoms with Gasteiger partial charge in [-0.1, -0.05) is 13.8 Å². The van der Waals surface area contributed by atoms with E-state index >= 15 is 0 Å². The largest absolute Gasteiger partial charge is 0.393 e. The van der Waals surface area contributed by atoms with Crippen molar-refractivity contribution in [2.24, 2.45) is 46.2 Å². The fraction of sp³-hybridized carbons (Fsp3) is 1.00. The Kier molecular flexibility index (Phi) is 5.68. The number of fused-ring (bicyclic) bond motifs is 5. The van der Waals surface area contributed by atoms with Crippen LogP contribution in [-0.2, 0) is 0 Å². The average molecular weight is 377 g/mol. The monoisotopic (exact) mass is 376 g/mol. The van der Waals surface area contributed by atoms with Gasteiger partial charge in [0.1, 0.15) is 0 Å². The molecule has 9 atom stereocenters. The van der Waals surface area contributed by atoms with Gasteiger partial charge in [0.2, 0.25) is 0 Å². The summed E-state index contributed by atoms with van der Waals surface area (Å²) in [6.45, 7) is 9.55. The van der Waals surface area contributed by atoms with Crippen LogP contribution in [0.15, 0.2) is 0 Å². The molecule has 3 heteroatoms. The van der Waals surface area contributed by atoms with Gasteiger partial charge < -0.3 is 16.2 Å². The molecule has 4 rings (SSSR count). The molecule has 0 aromatic heterocycles. The minimum absolute atomic E-state index is 0.0233. The zero-order valence-electron chi connectivity index (χ0n) is 18.1. The molecule has 0 aromatic carbocycles. The van der Waals surface area contributed by atoms with Crippen molar-refractivity contribution in [3.05, 3.63) is 0 Å². The summed E-state index contributed by atoms with van der Waals surface area (Å²) in [5.74, 6) is 4.41. The Morgan fingerprint density at radius 1 is 1.00 bits per heavy atom. The molecule has 0 radical (unpaired) electrons. The predicted molar refractivity (Wildman–Crippen MR) is 112 cm³/mol. The van der Waals surface area contributed by atoms with E-state index in [1.54, 1.807) is 0 Å². The summed E-state index contributed by atoms with van der Waals surface area (Å²) in [6.07, 6.45) is 13.0. The standard InChI is InChI=1S/C24H44N2O/c1-16(26-14-4-13-25)20-7-8-21-19-6-5-17-15-18(27)9-11-23(17,2)22(19)10-12-24(20,21)3/h16-22,26-27H,4-15,25H2,1-3H3/t16?,17?,18?,19-,20+,21-,22-,23-,24+/m0/s1. The Morgan fingerprint density at radius 2 is 1.74 bits per heavy atom. The number of rotatable bonds is 5. The van der Waals surface area contributed by atoms with Crippen molar-refractivity contribution >= 4 is 0 Å². The lowest BCUT2D eigenvalue weighted by atomic mass is 9.44. The van der Waals surface area contributed by atoms with Gasteiger partial charge in [-0.25, -0.2) is 0 Å². The third kappa shape index (κ3) is 3.30. The van der Waals surface area contributed by atoms with Crippen LogP contribution in [0.25, 0.3) is 0 Å². The van der Waals surface area contributed by atoms with Crippen molar-refractivity contribution in [1.29, 1.82) is 0 Å². The van der Waals surface area contributed by atoms with Crippen molar-refractivity contribution in [1.82, 2.24) is 5.32 Å². The number of nitrogens with one attached hydrogen (secondary N) is 1. The number of aliphatic hydroxyl groups is 1. The van der Waals surface area contributed by atoms with Crippen LogP contribution in [0.3, 0.4) is 0 Å². The van der Waals surface area contributed by atoms with E-state index in [2.05, 4.69) is 26.1 Å². The van der Waals surface area contributed by atoms with Crippen molar-refractivity contribution in [3.63, 3.8) is 0 Å². The summed E-state index contributed by atoms with van der Waals surface area (Å²) in [4.78, 5) is 0. The molecule has 0 aromatic rings. The van der Waals surface area contributed by atoms with Crippen LogP contribution in [0.1, 0.15) is 85.0 Å². The SMILES string of the molecule is CC(NCCCN)[C@H]1CC[C@H]2[C@@H]3CCC4CC(O)CC[C@]4(C)[C@H]3CC[C@]12C. The summed E-state index contributed by atoms with van der Waals surface area (Å²) in [5, 5.41) is 14.0. The normalized spacial score (nSPS) is 50.6. The molecule has 0 saturated heterocycles. The summed E-state index contributed by atoms with van der Waals surface area (Å²) in [5.41, 5.74) is 6.73. The van der Waals surface area contributed by atoms with Crippen molar-refractivity contribution in [2.45, 2.75) is 97.1 Å². The molecule has 0 heterocycles. The second-order valence-electron chi connectivity index (χ2n) is 11.2. The van der Waals surface area contributed by atoms with Crippen LogP contribution >= 0.6 is 0 Å². The van der Waals surface area contributed by atoms with Gasteiger partial charge in [0.05, 0.1) is 6.10 Å². The Bertz CT molecular complexity index is 525. The van der Waals surface area contributed by atoms with Gasteiger partial charge in [0, 0.05) is 6.04 Å². The second-order valence-corrected chi connectivity index (χ2v) is 11.2. The Morgan fingerprint density at radius 3 is 2.52 bits per heavy atom. The molecule has 4 N–H and O–H groups in total. The van der Waals surface area contributed by atoms with Gasteiger partial charge in [0.25, 0.3) is 0 Å². The summed E-state index contributed by atoms with van der Waals surface area (Å²) >= 11 is 0. The zero-order valence-corrected chi connectivity index (χ0v) is 18.1. The lowest BCUT2D eigenvalue weighted by molar-refractivity contribution is -0.127. The number of hydrogen-bond acceptors (Lipinski definition) is 3. The maximum Gasteiger partial charge on any atom is 0.0543 e. The highest BCUT2D eigenvalue weighted by Crippen LogP contribution is 2.67. The molecule has 3 nitrogen and oxygen atoms in total. The van der Waals surface area contributed by atoms with Crippen LogP contribution < -0.4 is 11.1 Å². The molecule has 4 fully saturated rings. The third-order valence-corrected chi connectivity index (χ3v) is 10.2. The fourth-order valence-corrected chi connectivity index (χ4v) is 8.67. The quantitative estimate of drug-likeness (QED) is 0.626. The van der Waals surface area contributed by atoms with Crippen molar-refractivity contribution < 1.29 is 5.11 Å². The first-order valence-corrected chi connectivity index (χ1v) is 12.0. The highest BCUT2D eigenvalue weighted by molar-refractivity contribution is 5.10. The first-order chi connectivity index (χ1) is 12.9. The molecule has 0 aliphatic heterocycles. The predicted octanol–water partition coefficient (Wildman–Crippen LogP) is 4.33. The number of nitrogens with two attached hydrogens (primary N) is 1. The lowest BCUT2D eigenvalue weighted by Gasteiger charge is -2.61. The van der Waals surface area contributed by atoms with E-state index in [4.69, 9.17) is 5.73 Å². The smallest absolute Gasteiger partial charge is 0.0543 e. The molecule has 4 aliphatic rings. The summed E-state index contributed by atoms with van der Waals surface area (Å²) in [7, 11) is 0. The van der Waals surface area contributed by atoms with Gasteiger partial charge in [-0.05, 0) is 125 Å². The van der Waals surface area contributed by atoms with Gasteiger partial charge >= 0.3 is 0 Å².